The minimum atomic E-state index is 0. The minimum absolute atomic E-state index is 0. The average Bonchev–Trinajstić information content (AvgIpc) is 3.32. The van der Waals surface area contributed by atoms with Crippen molar-refractivity contribution in [1.29, 1.82) is 0 Å². The number of nitrogens with zero attached hydrogens (tertiary/aromatic N) is 3. The van der Waals surface area contributed by atoms with Gasteiger partial charge in [0.15, 0.2) is 5.96 Å². The zero-order valence-corrected chi connectivity index (χ0v) is 21.6. The molecule has 2 atom stereocenters. The Hall–Kier alpha value is -0.610. The van der Waals surface area contributed by atoms with Gasteiger partial charge >= 0.3 is 0 Å². The van der Waals surface area contributed by atoms with Gasteiger partial charge in [-0.1, -0.05) is 29.8 Å². The van der Waals surface area contributed by atoms with Crippen molar-refractivity contribution in [1.82, 2.24) is 15.1 Å². The summed E-state index contributed by atoms with van der Waals surface area (Å²) in [6.45, 7) is 7.52. The Balaban J connectivity index is 0.00000272. The molecule has 3 fully saturated rings. The molecule has 0 spiro atoms. The largest absolute Gasteiger partial charge is 0.375 e. The quantitative estimate of drug-likeness (QED) is 0.338. The fraction of sp³-hybridized carbons (Fsp3) is 0.696. The Morgan fingerprint density at radius 2 is 1.87 bits per heavy atom. The topological polar surface area (TPSA) is 49.3 Å². The molecule has 4 rings (SSSR count). The molecule has 3 saturated heterocycles. The Bertz CT molecular complexity index is 709. The van der Waals surface area contributed by atoms with Crippen LogP contribution in [-0.2, 0) is 16.0 Å². The summed E-state index contributed by atoms with van der Waals surface area (Å²) < 4.78 is 11.8. The summed E-state index contributed by atoms with van der Waals surface area (Å²) >= 11 is 6.33. The number of hydrogen-bond donors (Lipinski definition) is 1. The normalized spacial score (nSPS) is 26.0. The first-order valence-electron chi connectivity index (χ1n) is 11.4. The van der Waals surface area contributed by atoms with E-state index in [1.807, 2.05) is 19.2 Å². The Kier molecular flexibility index (Phi) is 10.2. The molecule has 0 bridgehead atoms. The number of nitrogens with one attached hydrogen (secondary N) is 1. The second kappa shape index (κ2) is 12.6. The van der Waals surface area contributed by atoms with Gasteiger partial charge in [0.2, 0.25) is 0 Å². The van der Waals surface area contributed by atoms with Crippen LogP contribution in [0, 0.1) is 5.92 Å². The Labute approximate surface area is 208 Å². The van der Waals surface area contributed by atoms with E-state index >= 15 is 0 Å². The van der Waals surface area contributed by atoms with E-state index in [2.05, 4.69) is 32.2 Å². The number of aliphatic imine (C=N–C) groups is 1. The van der Waals surface area contributed by atoms with Crippen LogP contribution in [0.5, 0.6) is 0 Å². The van der Waals surface area contributed by atoms with Crippen LogP contribution in [0.4, 0.5) is 0 Å². The van der Waals surface area contributed by atoms with Gasteiger partial charge in [-0.15, -0.1) is 24.0 Å². The minimum Gasteiger partial charge on any atom is -0.375 e. The van der Waals surface area contributed by atoms with Crippen molar-refractivity contribution in [2.75, 3.05) is 53.0 Å². The number of rotatable bonds is 5. The first-order valence-corrected chi connectivity index (χ1v) is 11.8. The molecule has 1 aromatic carbocycles. The third kappa shape index (κ3) is 6.93. The molecule has 0 radical (unpaired) electrons. The standard InChI is InChI=1S/C23H35ClN4O2.HI/c1-25-23(28-12-14-30-22(17-28)21-7-4-13-29-21)26-15-18-8-10-27(11-9-18)16-19-5-2-3-6-20(19)24;/h2-3,5-6,18,21-22H,4,7-17H2,1H3,(H,25,26);1H. The third-order valence-electron chi connectivity index (χ3n) is 6.59. The van der Waals surface area contributed by atoms with Crippen LogP contribution in [0.2, 0.25) is 5.02 Å². The SMILES string of the molecule is CN=C(NCC1CCN(Cc2ccccc2Cl)CC1)N1CCOC(C2CCCO2)C1.I. The van der Waals surface area contributed by atoms with Gasteiger partial charge in [-0.2, -0.15) is 0 Å². The molecule has 6 nitrogen and oxygen atoms in total. The van der Waals surface area contributed by atoms with E-state index in [0.717, 1.165) is 76.3 Å². The molecule has 3 heterocycles. The first-order chi connectivity index (χ1) is 14.7. The van der Waals surface area contributed by atoms with Gasteiger partial charge in [0.25, 0.3) is 0 Å². The molecule has 0 aromatic heterocycles. The van der Waals surface area contributed by atoms with Crippen LogP contribution in [0.3, 0.4) is 0 Å². The summed E-state index contributed by atoms with van der Waals surface area (Å²) in [6.07, 6.45) is 5.07. The highest BCUT2D eigenvalue weighted by Gasteiger charge is 2.32. The number of benzene rings is 1. The van der Waals surface area contributed by atoms with Crippen molar-refractivity contribution in [2.24, 2.45) is 10.9 Å². The number of morpholine rings is 1. The van der Waals surface area contributed by atoms with Crippen molar-refractivity contribution in [3.63, 3.8) is 0 Å². The predicted molar refractivity (Wildman–Crippen MR) is 137 cm³/mol. The van der Waals surface area contributed by atoms with Crippen LogP contribution >= 0.6 is 35.6 Å². The highest BCUT2D eigenvalue weighted by Crippen LogP contribution is 2.23. The van der Waals surface area contributed by atoms with Crippen LogP contribution in [0.25, 0.3) is 0 Å². The second-order valence-corrected chi connectivity index (χ2v) is 9.05. The maximum atomic E-state index is 6.33. The molecular weight excluding hydrogens is 527 g/mol. The van der Waals surface area contributed by atoms with Gasteiger partial charge < -0.3 is 19.7 Å². The van der Waals surface area contributed by atoms with Gasteiger partial charge in [-0.25, -0.2) is 0 Å². The van der Waals surface area contributed by atoms with E-state index in [-0.39, 0.29) is 36.2 Å². The smallest absolute Gasteiger partial charge is 0.193 e. The van der Waals surface area contributed by atoms with E-state index in [4.69, 9.17) is 21.1 Å². The molecule has 8 heteroatoms. The second-order valence-electron chi connectivity index (χ2n) is 8.65. The van der Waals surface area contributed by atoms with Crippen molar-refractivity contribution in [2.45, 2.75) is 44.4 Å². The molecule has 1 aromatic rings. The lowest BCUT2D eigenvalue weighted by atomic mass is 9.96. The average molecular weight is 563 g/mol. The predicted octanol–water partition coefficient (Wildman–Crippen LogP) is 3.63. The van der Waals surface area contributed by atoms with Gasteiger partial charge in [0.1, 0.15) is 6.10 Å². The van der Waals surface area contributed by atoms with Gasteiger partial charge in [0, 0.05) is 44.9 Å². The zero-order valence-electron chi connectivity index (χ0n) is 18.5. The van der Waals surface area contributed by atoms with Crippen LogP contribution in [0.15, 0.2) is 29.3 Å². The zero-order chi connectivity index (χ0) is 20.8. The number of ether oxygens (including phenoxy) is 2. The number of piperidine rings is 1. The lowest BCUT2D eigenvalue weighted by Crippen LogP contribution is -2.54. The van der Waals surface area contributed by atoms with Gasteiger partial charge in [-0.05, 0) is 56.3 Å². The van der Waals surface area contributed by atoms with Crippen LogP contribution in [-0.4, -0.2) is 81.0 Å². The number of halogens is 2. The highest BCUT2D eigenvalue weighted by atomic mass is 127. The molecule has 3 aliphatic rings. The monoisotopic (exact) mass is 562 g/mol. The summed E-state index contributed by atoms with van der Waals surface area (Å²) in [5, 5.41) is 4.51. The summed E-state index contributed by atoms with van der Waals surface area (Å²) in [6, 6.07) is 8.17. The van der Waals surface area contributed by atoms with Crippen molar-refractivity contribution in [3.8, 4) is 0 Å². The fourth-order valence-corrected chi connectivity index (χ4v) is 4.97. The molecule has 3 aliphatic heterocycles. The molecule has 174 valence electrons. The lowest BCUT2D eigenvalue weighted by Gasteiger charge is -2.38. The molecule has 0 amide bonds. The van der Waals surface area contributed by atoms with Crippen molar-refractivity contribution < 1.29 is 9.47 Å². The van der Waals surface area contributed by atoms with Crippen LogP contribution < -0.4 is 5.32 Å². The summed E-state index contributed by atoms with van der Waals surface area (Å²) in [7, 11) is 1.88. The van der Waals surface area contributed by atoms with Crippen molar-refractivity contribution in [3.05, 3.63) is 34.9 Å². The maximum absolute atomic E-state index is 6.33. The summed E-state index contributed by atoms with van der Waals surface area (Å²) in [4.78, 5) is 9.40. The van der Waals surface area contributed by atoms with E-state index in [1.54, 1.807) is 0 Å². The lowest BCUT2D eigenvalue weighted by molar-refractivity contribution is -0.0817. The first kappa shape index (κ1) is 25.0. The molecular formula is C23H36ClIN4O2. The maximum Gasteiger partial charge on any atom is 0.193 e. The highest BCUT2D eigenvalue weighted by molar-refractivity contribution is 14.0. The number of guanidine groups is 1. The van der Waals surface area contributed by atoms with Crippen LogP contribution in [0.1, 0.15) is 31.2 Å². The molecule has 2 unspecified atom stereocenters. The molecule has 31 heavy (non-hydrogen) atoms. The third-order valence-corrected chi connectivity index (χ3v) is 6.96. The van der Waals surface area contributed by atoms with E-state index in [1.165, 1.54) is 18.4 Å². The Morgan fingerprint density at radius 1 is 1.10 bits per heavy atom. The van der Waals surface area contributed by atoms with Crippen molar-refractivity contribution >= 4 is 41.5 Å². The number of likely N-dealkylation sites (tertiary alicyclic amines) is 1. The molecule has 0 aliphatic carbocycles. The summed E-state index contributed by atoms with van der Waals surface area (Å²) in [5.74, 6) is 1.68. The van der Waals surface area contributed by atoms with Gasteiger partial charge in [0.05, 0.1) is 12.7 Å². The van der Waals surface area contributed by atoms with E-state index < -0.39 is 0 Å². The Morgan fingerprint density at radius 3 is 2.58 bits per heavy atom. The number of hydrogen-bond acceptors (Lipinski definition) is 4. The molecule has 1 N–H and O–H groups in total. The summed E-state index contributed by atoms with van der Waals surface area (Å²) in [5.41, 5.74) is 1.23. The van der Waals surface area contributed by atoms with E-state index in [0.29, 0.717) is 5.92 Å². The molecule has 0 saturated carbocycles. The van der Waals surface area contributed by atoms with E-state index in [9.17, 15) is 0 Å². The fourth-order valence-electron chi connectivity index (χ4n) is 4.77. The van der Waals surface area contributed by atoms with Gasteiger partial charge in [-0.3, -0.25) is 9.89 Å².